The van der Waals surface area contributed by atoms with Crippen molar-refractivity contribution in [3.8, 4) is 23.0 Å². The second-order valence-corrected chi connectivity index (χ2v) is 8.25. The average Bonchev–Trinajstić information content (AvgIpc) is 3.11. The highest BCUT2D eigenvalue weighted by Gasteiger charge is 2.38. The Labute approximate surface area is 189 Å². The van der Waals surface area contributed by atoms with Gasteiger partial charge in [0.25, 0.3) is 0 Å². The summed E-state index contributed by atoms with van der Waals surface area (Å²) in [5.74, 6) is 2.20. The minimum absolute atomic E-state index is 0.127. The third kappa shape index (κ3) is 3.48. The Bertz CT molecular complexity index is 1210. The molecule has 0 saturated heterocycles. The second-order valence-electron chi connectivity index (χ2n) is 7.26. The van der Waals surface area contributed by atoms with Crippen molar-refractivity contribution in [2.75, 3.05) is 33.3 Å². The highest BCUT2D eigenvalue weighted by atomic mass is 32.1. The van der Waals surface area contributed by atoms with Crippen molar-refractivity contribution in [3.63, 3.8) is 0 Å². The summed E-state index contributed by atoms with van der Waals surface area (Å²) in [6.07, 6.45) is 0.183. The molecule has 0 bridgehead atoms. The van der Waals surface area contributed by atoms with Gasteiger partial charge in [0.15, 0.2) is 11.5 Å². The molecule has 168 valence electrons. The van der Waals surface area contributed by atoms with Crippen molar-refractivity contribution >= 4 is 28.7 Å². The van der Waals surface area contributed by atoms with E-state index in [2.05, 4.69) is 0 Å². The number of fused-ring (bicyclic) bond motifs is 1. The van der Waals surface area contributed by atoms with Gasteiger partial charge in [-0.3, -0.25) is 19.1 Å². The summed E-state index contributed by atoms with van der Waals surface area (Å²) in [6.45, 7) is 0. The Kier molecular flexibility index (Phi) is 5.84. The predicted octanol–water partition coefficient (Wildman–Crippen LogP) is 3.68. The lowest BCUT2D eigenvalue weighted by Gasteiger charge is -2.32. The zero-order chi connectivity index (χ0) is 23.0. The molecule has 8 nitrogen and oxygen atoms in total. The van der Waals surface area contributed by atoms with Crippen molar-refractivity contribution < 1.29 is 23.7 Å². The molecule has 1 aromatic heterocycles. The van der Waals surface area contributed by atoms with E-state index in [9.17, 15) is 9.59 Å². The number of anilines is 2. The maximum atomic E-state index is 13.4. The summed E-state index contributed by atoms with van der Waals surface area (Å²) in [5, 5.41) is 0. The number of methoxy groups -OCH3 is 4. The number of carbonyl (C=O) groups is 1. The number of rotatable bonds is 6. The van der Waals surface area contributed by atoms with Crippen LogP contribution in [0.3, 0.4) is 0 Å². The van der Waals surface area contributed by atoms with E-state index in [1.54, 1.807) is 39.3 Å². The number of hydrogen-bond donors (Lipinski definition) is 0. The Balaban J connectivity index is 1.89. The maximum Gasteiger partial charge on any atom is 0.308 e. The van der Waals surface area contributed by atoms with Crippen molar-refractivity contribution in [2.45, 2.75) is 12.3 Å². The fraction of sp³-hybridized carbons (Fsp3) is 0.304. The van der Waals surface area contributed by atoms with E-state index in [-0.39, 0.29) is 23.1 Å². The van der Waals surface area contributed by atoms with E-state index in [4.69, 9.17) is 18.9 Å². The Morgan fingerprint density at radius 3 is 2.22 bits per heavy atom. The Morgan fingerprint density at radius 1 is 0.938 bits per heavy atom. The second kappa shape index (κ2) is 8.58. The summed E-state index contributed by atoms with van der Waals surface area (Å²) in [4.78, 5) is 28.4. The van der Waals surface area contributed by atoms with E-state index in [0.29, 0.717) is 34.5 Å². The van der Waals surface area contributed by atoms with Crippen molar-refractivity contribution in [2.24, 2.45) is 7.05 Å². The van der Waals surface area contributed by atoms with Crippen molar-refractivity contribution in [1.29, 1.82) is 0 Å². The van der Waals surface area contributed by atoms with Crippen LogP contribution in [0.25, 0.3) is 0 Å². The molecule has 1 atom stereocenters. The topological polar surface area (TPSA) is 79.2 Å². The van der Waals surface area contributed by atoms with Gasteiger partial charge in [0.1, 0.15) is 11.6 Å². The molecule has 32 heavy (non-hydrogen) atoms. The highest BCUT2D eigenvalue weighted by Crippen LogP contribution is 2.48. The van der Waals surface area contributed by atoms with Gasteiger partial charge < -0.3 is 18.9 Å². The monoisotopic (exact) mass is 456 g/mol. The third-order valence-electron chi connectivity index (χ3n) is 5.57. The van der Waals surface area contributed by atoms with E-state index in [1.165, 1.54) is 11.7 Å². The number of thiazole rings is 1. The molecule has 9 heteroatoms. The molecule has 0 radical (unpaired) electrons. The number of amides is 1. The first-order valence-electron chi connectivity index (χ1n) is 9.90. The zero-order valence-electron chi connectivity index (χ0n) is 18.5. The molecule has 0 unspecified atom stereocenters. The summed E-state index contributed by atoms with van der Waals surface area (Å²) in [6, 6.07) is 10.9. The van der Waals surface area contributed by atoms with Gasteiger partial charge in [-0.05, 0) is 29.8 Å². The lowest BCUT2D eigenvalue weighted by molar-refractivity contribution is -0.118. The van der Waals surface area contributed by atoms with Gasteiger partial charge in [-0.2, -0.15) is 0 Å². The average molecular weight is 457 g/mol. The molecule has 0 N–H and O–H groups in total. The predicted molar refractivity (Wildman–Crippen MR) is 122 cm³/mol. The molecule has 1 aliphatic heterocycles. The van der Waals surface area contributed by atoms with Crippen LogP contribution in [0.4, 0.5) is 11.5 Å². The van der Waals surface area contributed by atoms with Gasteiger partial charge in [-0.1, -0.05) is 17.4 Å². The van der Waals surface area contributed by atoms with Crippen LogP contribution in [0.2, 0.25) is 0 Å². The number of carbonyl (C=O) groups excluding carboxylic acids is 1. The Morgan fingerprint density at radius 2 is 1.62 bits per heavy atom. The molecule has 4 rings (SSSR count). The van der Waals surface area contributed by atoms with Gasteiger partial charge in [-0.15, -0.1) is 0 Å². The van der Waals surface area contributed by atoms with Crippen LogP contribution < -0.4 is 28.7 Å². The molecule has 0 spiro atoms. The number of hydrogen-bond acceptors (Lipinski definition) is 7. The van der Waals surface area contributed by atoms with E-state index >= 15 is 0 Å². The molecule has 0 saturated carbocycles. The van der Waals surface area contributed by atoms with Crippen LogP contribution in [0.1, 0.15) is 22.8 Å². The maximum absolute atomic E-state index is 13.4. The van der Waals surface area contributed by atoms with Crippen LogP contribution in [0.5, 0.6) is 23.0 Å². The van der Waals surface area contributed by atoms with E-state index in [0.717, 1.165) is 21.8 Å². The zero-order valence-corrected chi connectivity index (χ0v) is 19.3. The molecule has 3 aromatic rings. The largest absolute Gasteiger partial charge is 0.497 e. The molecule has 2 heterocycles. The van der Waals surface area contributed by atoms with E-state index in [1.807, 2.05) is 30.3 Å². The fourth-order valence-corrected chi connectivity index (χ4v) is 5.10. The summed E-state index contributed by atoms with van der Waals surface area (Å²) in [5.41, 5.74) is 1.45. The quantitative estimate of drug-likeness (QED) is 0.563. The first-order chi connectivity index (χ1) is 15.4. The van der Waals surface area contributed by atoms with Gasteiger partial charge in [0.2, 0.25) is 11.7 Å². The van der Waals surface area contributed by atoms with Crippen LogP contribution >= 0.6 is 11.3 Å². The molecule has 0 aliphatic carbocycles. The number of nitrogens with zero attached hydrogens (tertiary/aromatic N) is 2. The molecular weight excluding hydrogens is 432 g/mol. The molecule has 1 aliphatic rings. The molecule has 0 fully saturated rings. The normalized spacial score (nSPS) is 15.3. The highest BCUT2D eigenvalue weighted by molar-refractivity contribution is 7.10. The summed E-state index contributed by atoms with van der Waals surface area (Å²) < 4.78 is 23.2. The van der Waals surface area contributed by atoms with Crippen LogP contribution in [-0.2, 0) is 11.8 Å². The Hall–Kier alpha value is -3.46. The minimum atomic E-state index is -0.327. The van der Waals surface area contributed by atoms with Crippen LogP contribution in [0.15, 0.2) is 41.2 Å². The lowest BCUT2D eigenvalue weighted by Crippen LogP contribution is -2.34. The summed E-state index contributed by atoms with van der Waals surface area (Å²) >= 11 is 1.14. The van der Waals surface area contributed by atoms with Crippen molar-refractivity contribution in [1.82, 2.24) is 4.57 Å². The first kappa shape index (κ1) is 21.8. The lowest BCUT2D eigenvalue weighted by atomic mass is 9.90. The van der Waals surface area contributed by atoms with Crippen LogP contribution in [0, 0.1) is 0 Å². The molecule has 1 amide bonds. The van der Waals surface area contributed by atoms with Gasteiger partial charge in [0, 0.05) is 25.5 Å². The standard InChI is InChI=1S/C23H24N2O6S/c1-24-22-21(32-23(24)27)16(13-9-17(29-3)20(31-5)18(10-13)30-4)12-19(26)25(22)14-7-6-8-15(11-14)28-2/h6-11,16H,12H2,1-5H3/t16-/m1/s1. The van der Waals surface area contributed by atoms with Gasteiger partial charge in [-0.25, -0.2) is 0 Å². The SMILES string of the molecule is COc1cccc(N2C(=O)C[C@H](c3cc(OC)c(OC)c(OC)c3)c3sc(=O)n(C)c32)c1. The molecule has 2 aromatic carbocycles. The smallest absolute Gasteiger partial charge is 0.308 e. The van der Waals surface area contributed by atoms with Gasteiger partial charge in [0.05, 0.1) is 39.0 Å². The van der Waals surface area contributed by atoms with Gasteiger partial charge >= 0.3 is 4.87 Å². The first-order valence-corrected chi connectivity index (χ1v) is 10.7. The number of benzene rings is 2. The van der Waals surface area contributed by atoms with E-state index < -0.39 is 0 Å². The number of ether oxygens (including phenoxy) is 4. The van der Waals surface area contributed by atoms with Crippen LogP contribution in [-0.4, -0.2) is 38.9 Å². The third-order valence-corrected chi connectivity index (χ3v) is 6.70. The fourth-order valence-electron chi connectivity index (χ4n) is 4.01. The van der Waals surface area contributed by atoms with Crippen molar-refractivity contribution in [3.05, 3.63) is 56.5 Å². The minimum Gasteiger partial charge on any atom is -0.497 e. The number of aromatic nitrogens is 1. The summed E-state index contributed by atoms with van der Waals surface area (Å²) in [7, 11) is 7.88. The molecular formula is C23H24N2O6S.